The van der Waals surface area contributed by atoms with Crippen molar-refractivity contribution in [1.29, 1.82) is 0 Å². The molecule has 8 nitrogen and oxygen atoms in total. The SMILES string of the molecule is COc1ccc(OC(=O)N(CC(=O)O)Cc2ccc(C=CCC3=C(C)OC(c4ccccc4)N3)cc2)cc1. The number of ether oxygens (including phenoxy) is 3. The number of hydrogen-bond acceptors (Lipinski definition) is 6. The maximum atomic E-state index is 12.7. The number of aliphatic carboxylic acids is 1. The Labute approximate surface area is 221 Å². The molecule has 1 heterocycles. The van der Waals surface area contributed by atoms with E-state index in [1.54, 1.807) is 24.3 Å². The third-order valence-electron chi connectivity index (χ3n) is 5.96. The van der Waals surface area contributed by atoms with Gasteiger partial charge in [0, 0.05) is 18.5 Å². The average molecular weight is 515 g/mol. The maximum absolute atomic E-state index is 12.7. The lowest BCUT2D eigenvalue weighted by Crippen LogP contribution is -2.37. The summed E-state index contributed by atoms with van der Waals surface area (Å²) in [6, 6.07) is 24.1. The molecule has 0 radical (unpaired) electrons. The lowest BCUT2D eigenvalue weighted by atomic mass is 10.1. The van der Waals surface area contributed by atoms with Gasteiger partial charge in [-0.3, -0.25) is 9.69 Å². The first-order valence-electron chi connectivity index (χ1n) is 12.2. The number of methoxy groups -OCH3 is 1. The molecule has 0 spiro atoms. The standard InChI is InChI=1S/C30H30N2O6/c1-21-27(31-29(37-21)24-8-4-3-5-9-24)10-6-7-22-11-13-23(14-12-22)19-32(20-28(33)34)30(35)38-26-17-15-25(36-2)16-18-26/h3-9,11-18,29,31H,10,19-20H2,1-2H3,(H,33,34). The van der Waals surface area contributed by atoms with Crippen molar-refractivity contribution in [2.75, 3.05) is 13.7 Å². The van der Waals surface area contributed by atoms with Crippen LogP contribution in [0.5, 0.6) is 11.5 Å². The molecule has 0 aromatic heterocycles. The smallest absolute Gasteiger partial charge is 0.416 e. The molecular formula is C30H30N2O6. The molecule has 0 aliphatic carbocycles. The van der Waals surface area contributed by atoms with Crippen molar-refractivity contribution in [1.82, 2.24) is 10.2 Å². The van der Waals surface area contributed by atoms with Crippen molar-refractivity contribution < 1.29 is 28.9 Å². The zero-order valence-electron chi connectivity index (χ0n) is 21.3. The van der Waals surface area contributed by atoms with E-state index >= 15 is 0 Å². The molecule has 38 heavy (non-hydrogen) atoms. The van der Waals surface area contributed by atoms with Crippen molar-refractivity contribution >= 4 is 18.1 Å². The van der Waals surface area contributed by atoms with E-state index in [0.717, 1.165) is 33.0 Å². The third-order valence-corrected chi connectivity index (χ3v) is 5.96. The molecular weight excluding hydrogens is 484 g/mol. The summed E-state index contributed by atoms with van der Waals surface area (Å²) < 4.78 is 16.4. The minimum absolute atomic E-state index is 0.0967. The lowest BCUT2D eigenvalue weighted by molar-refractivity contribution is -0.138. The number of allylic oxidation sites excluding steroid dienone is 2. The van der Waals surface area contributed by atoms with Crippen LogP contribution in [0.25, 0.3) is 6.08 Å². The normalized spacial score (nSPS) is 14.6. The van der Waals surface area contributed by atoms with Gasteiger partial charge in [-0.1, -0.05) is 66.7 Å². The Kier molecular flexibility index (Phi) is 8.66. The van der Waals surface area contributed by atoms with Gasteiger partial charge in [0.15, 0.2) is 6.23 Å². The second kappa shape index (κ2) is 12.5. The number of nitrogens with zero attached hydrogens (tertiary/aromatic N) is 1. The number of rotatable bonds is 10. The van der Waals surface area contributed by atoms with Crippen molar-refractivity contribution in [3.05, 3.63) is 113 Å². The van der Waals surface area contributed by atoms with E-state index in [1.807, 2.05) is 67.6 Å². The van der Waals surface area contributed by atoms with Crippen LogP contribution in [-0.4, -0.2) is 35.7 Å². The average Bonchev–Trinajstić information content (AvgIpc) is 3.30. The van der Waals surface area contributed by atoms with Gasteiger partial charge in [0.25, 0.3) is 0 Å². The highest BCUT2D eigenvalue weighted by molar-refractivity contribution is 5.78. The van der Waals surface area contributed by atoms with Gasteiger partial charge in [0.2, 0.25) is 0 Å². The highest BCUT2D eigenvalue weighted by Gasteiger charge is 2.22. The molecule has 3 aromatic rings. The summed E-state index contributed by atoms with van der Waals surface area (Å²) in [6.45, 7) is 1.57. The summed E-state index contributed by atoms with van der Waals surface area (Å²) in [5.74, 6) is 0.672. The largest absolute Gasteiger partial charge is 0.497 e. The monoisotopic (exact) mass is 514 g/mol. The zero-order valence-corrected chi connectivity index (χ0v) is 21.3. The second-order valence-corrected chi connectivity index (χ2v) is 8.73. The van der Waals surface area contributed by atoms with Gasteiger partial charge in [0.05, 0.1) is 12.8 Å². The van der Waals surface area contributed by atoms with Crippen molar-refractivity contribution in [2.45, 2.75) is 26.1 Å². The van der Waals surface area contributed by atoms with Gasteiger partial charge >= 0.3 is 12.1 Å². The predicted octanol–water partition coefficient (Wildman–Crippen LogP) is 5.73. The number of carbonyl (C=O) groups is 2. The molecule has 0 saturated carbocycles. The van der Waals surface area contributed by atoms with Crippen LogP contribution in [0.15, 0.2) is 96.4 Å². The second-order valence-electron chi connectivity index (χ2n) is 8.73. The van der Waals surface area contributed by atoms with Gasteiger partial charge in [0.1, 0.15) is 23.8 Å². The van der Waals surface area contributed by atoms with Crippen LogP contribution in [-0.2, 0) is 16.1 Å². The van der Waals surface area contributed by atoms with Crippen LogP contribution >= 0.6 is 0 Å². The molecule has 1 atom stereocenters. The molecule has 0 bridgehead atoms. The van der Waals surface area contributed by atoms with Crippen LogP contribution in [0.1, 0.15) is 36.3 Å². The summed E-state index contributed by atoms with van der Waals surface area (Å²) in [4.78, 5) is 25.2. The molecule has 2 N–H and O–H groups in total. The maximum Gasteiger partial charge on any atom is 0.416 e. The quantitative estimate of drug-likeness (QED) is 0.356. The van der Waals surface area contributed by atoms with Crippen molar-refractivity contribution in [2.24, 2.45) is 0 Å². The zero-order chi connectivity index (χ0) is 26.9. The van der Waals surface area contributed by atoms with Crippen LogP contribution < -0.4 is 14.8 Å². The Morgan fingerprint density at radius 3 is 2.34 bits per heavy atom. The lowest BCUT2D eigenvalue weighted by Gasteiger charge is -2.20. The summed E-state index contributed by atoms with van der Waals surface area (Å²) in [7, 11) is 1.54. The predicted molar refractivity (Wildman–Crippen MR) is 143 cm³/mol. The minimum Gasteiger partial charge on any atom is -0.497 e. The van der Waals surface area contributed by atoms with Crippen LogP contribution in [0.4, 0.5) is 4.79 Å². The van der Waals surface area contributed by atoms with Gasteiger partial charge in [-0.15, -0.1) is 0 Å². The summed E-state index contributed by atoms with van der Waals surface area (Å²) in [5, 5.41) is 12.7. The first-order valence-corrected chi connectivity index (χ1v) is 12.2. The number of carboxylic acid groups (broad SMARTS) is 1. The molecule has 1 amide bonds. The minimum atomic E-state index is -1.13. The molecule has 0 saturated heterocycles. The van der Waals surface area contributed by atoms with E-state index in [1.165, 1.54) is 7.11 Å². The van der Waals surface area contributed by atoms with E-state index in [4.69, 9.17) is 14.2 Å². The highest BCUT2D eigenvalue weighted by atomic mass is 16.6. The van der Waals surface area contributed by atoms with Crippen LogP contribution in [0, 0.1) is 0 Å². The van der Waals surface area contributed by atoms with E-state index in [9.17, 15) is 14.7 Å². The molecule has 8 heteroatoms. The van der Waals surface area contributed by atoms with Crippen LogP contribution in [0.3, 0.4) is 0 Å². The summed E-state index contributed by atoms with van der Waals surface area (Å²) in [5.41, 5.74) is 3.87. The number of nitrogens with one attached hydrogen (secondary N) is 1. The van der Waals surface area contributed by atoms with Crippen molar-refractivity contribution in [3.63, 3.8) is 0 Å². The Morgan fingerprint density at radius 1 is 1.00 bits per heavy atom. The fraction of sp³-hybridized carbons (Fsp3) is 0.200. The Morgan fingerprint density at radius 2 is 1.68 bits per heavy atom. The van der Waals surface area contributed by atoms with Gasteiger partial charge in [-0.05, 0) is 42.3 Å². The van der Waals surface area contributed by atoms with Gasteiger partial charge in [-0.25, -0.2) is 4.79 Å². The molecule has 1 aliphatic rings. The number of carbonyl (C=O) groups excluding carboxylic acids is 1. The summed E-state index contributed by atoms with van der Waals surface area (Å²) >= 11 is 0. The van der Waals surface area contributed by atoms with Gasteiger partial charge in [-0.2, -0.15) is 0 Å². The number of benzene rings is 3. The summed E-state index contributed by atoms with van der Waals surface area (Å²) in [6.07, 6.45) is 3.84. The van der Waals surface area contributed by atoms with Crippen molar-refractivity contribution in [3.8, 4) is 11.5 Å². The molecule has 4 rings (SSSR count). The van der Waals surface area contributed by atoms with E-state index in [2.05, 4.69) is 11.4 Å². The number of carboxylic acids is 1. The molecule has 196 valence electrons. The highest BCUT2D eigenvalue weighted by Crippen LogP contribution is 2.28. The first-order chi connectivity index (χ1) is 18.4. The Balaban J connectivity index is 1.33. The topological polar surface area (TPSA) is 97.3 Å². The fourth-order valence-electron chi connectivity index (χ4n) is 3.94. The molecule has 3 aromatic carbocycles. The number of amides is 1. The van der Waals surface area contributed by atoms with E-state index in [-0.39, 0.29) is 12.8 Å². The third kappa shape index (κ3) is 7.16. The van der Waals surface area contributed by atoms with Gasteiger partial charge < -0.3 is 24.6 Å². The van der Waals surface area contributed by atoms with Crippen LogP contribution in [0.2, 0.25) is 0 Å². The number of hydrogen-bond donors (Lipinski definition) is 2. The molecule has 0 fully saturated rings. The molecule has 1 unspecified atom stereocenters. The van der Waals surface area contributed by atoms with E-state index in [0.29, 0.717) is 17.9 Å². The fourth-order valence-corrected chi connectivity index (χ4v) is 3.94. The van der Waals surface area contributed by atoms with E-state index < -0.39 is 18.6 Å². The Bertz CT molecular complexity index is 1300. The first kappa shape index (κ1) is 26.3. The Hall–Kier alpha value is -4.72. The molecule has 1 aliphatic heterocycles.